The fourth-order valence-electron chi connectivity index (χ4n) is 3.49. The molecule has 1 N–H and O–H groups in total. The quantitative estimate of drug-likeness (QED) is 0.704. The number of piperidine rings is 1. The molecule has 0 aliphatic carbocycles. The summed E-state index contributed by atoms with van der Waals surface area (Å²) in [5.74, 6) is 0.883. The molecule has 154 valence electrons. The molecule has 0 radical (unpaired) electrons. The predicted molar refractivity (Wildman–Crippen MR) is 115 cm³/mol. The van der Waals surface area contributed by atoms with Crippen LogP contribution in [0.3, 0.4) is 0 Å². The molecule has 0 unspecified atom stereocenters. The van der Waals surface area contributed by atoms with E-state index in [2.05, 4.69) is 10.3 Å². The normalized spacial score (nSPS) is 14.5. The van der Waals surface area contributed by atoms with Gasteiger partial charge < -0.3 is 15.0 Å². The number of hydrogen-bond acceptors (Lipinski definition) is 5. The van der Waals surface area contributed by atoms with Gasteiger partial charge in [-0.25, -0.2) is 4.98 Å². The van der Waals surface area contributed by atoms with Gasteiger partial charge in [0.2, 0.25) is 0 Å². The van der Waals surface area contributed by atoms with Crippen LogP contribution in [0.25, 0.3) is 0 Å². The summed E-state index contributed by atoms with van der Waals surface area (Å²) in [6, 6.07) is 10.9. The summed E-state index contributed by atoms with van der Waals surface area (Å²) in [4.78, 5) is 31.5. The van der Waals surface area contributed by atoms with Crippen molar-refractivity contribution in [1.82, 2.24) is 15.2 Å². The summed E-state index contributed by atoms with van der Waals surface area (Å²) >= 11 is 1.49. The lowest BCUT2D eigenvalue weighted by molar-refractivity contribution is 0.0680. The van der Waals surface area contributed by atoms with E-state index < -0.39 is 0 Å². The fraction of sp³-hybridized carbons (Fsp3) is 0.409. The number of para-hydroxylation sites is 1. The van der Waals surface area contributed by atoms with Gasteiger partial charge in [-0.1, -0.05) is 12.1 Å². The van der Waals surface area contributed by atoms with Crippen molar-refractivity contribution >= 4 is 23.6 Å². The molecule has 2 heterocycles. The minimum atomic E-state index is -0.118. The number of rotatable bonds is 7. The molecular weight excluding hydrogens is 386 g/mol. The van der Waals surface area contributed by atoms with E-state index >= 15 is 0 Å². The van der Waals surface area contributed by atoms with Crippen molar-refractivity contribution in [2.24, 2.45) is 5.92 Å². The van der Waals surface area contributed by atoms with Crippen molar-refractivity contribution < 1.29 is 14.3 Å². The molecule has 1 aromatic heterocycles. The average Bonchev–Trinajstić information content (AvgIpc) is 2.78. The largest absolute Gasteiger partial charge is 0.493 e. The molecule has 1 aromatic carbocycles. The Morgan fingerprint density at radius 2 is 1.90 bits per heavy atom. The topological polar surface area (TPSA) is 71.5 Å². The smallest absolute Gasteiger partial charge is 0.256 e. The molecule has 0 atom stereocenters. The molecule has 1 saturated heterocycles. The van der Waals surface area contributed by atoms with Crippen LogP contribution in [0.15, 0.2) is 47.6 Å². The lowest BCUT2D eigenvalue weighted by Gasteiger charge is -2.32. The van der Waals surface area contributed by atoms with Crippen LogP contribution in [0, 0.1) is 5.92 Å². The van der Waals surface area contributed by atoms with Crippen molar-refractivity contribution in [3.63, 3.8) is 0 Å². The highest BCUT2D eigenvalue weighted by molar-refractivity contribution is 7.98. The molecular formula is C22H27N3O3S. The van der Waals surface area contributed by atoms with E-state index in [1.54, 1.807) is 18.3 Å². The van der Waals surface area contributed by atoms with Crippen LogP contribution < -0.4 is 10.1 Å². The summed E-state index contributed by atoms with van der Waals surface area (Å²) in [5.41, 5.74) is 1.22. The van der Waals surface area contributed by atoms with E-state index in [1.165, 1.54) is 11.8 Å². The lowest BCUT2D eigenvalue weighted by atomic mass is 9.96. The van der Waals surface area contributed by atoms with E-state index in [1.807, 2.05) is 42.3 Å². The lowest BCUT2D eigenvalue weighted by Crippen LogP contribution is -2.41. The van der Waals surface area contributed by atoms with Crippen LogP contribution in [0.1, 0.15) is 40.5 Å². The van der Waals surface area contributed by atoms with E-state index in [4.69, 9.17) is 4.74 Å². The maximum absolute atomic E-state index is 12.8. The first-order chi connectivity index (χ1) is 14.1. The van der Waals surface area contributed by atoms with Gasteiger partial charge in [0.15, 0.2) is 0 Å². The van der Waals surface area contributed by atoms with E-state index in [-0.39, 0.29) is 11.8 Å². The highest BCUT2D eigenvalue weighted by Gasteiger charge is 2.25. The van der Waals surface area contributed by atoms with Gasteiger partial charge in [0, 0.05) is 25.8 Å². The number of carbonyl (C=O) groups is 2. The first kappa shape index (κ1) is 21.2. The number of aromatic nitrogens is 1. The summed E-state index contributed by atoms with van der Waals surface area (Å²) in [6.45, 7) is 4.41. The highest BCUT2D eigenvalue weighted by Crippen LogP contribution is 2.23. The predicted octanol–water partition coefficient (Wildman–Crippen LogP) is 3.48. The minimum Gasteiger partial charge on any atom is -0.493 e. The molecule has 7 heteroatoms. The number of hydrogen-bond donors (Lipinski definition) is 1. The Bertz CT molecular complexity index is 851. The Hall–Kier alpha value is -2.54. The number of likely N-dealkylation sites (tertiary alicyclic amines) is 1. The van der Waals surface area contributed by atoms with Gasteiger partial charge in [-0.05, 0) is 56.2 Å². The second-order valence-corrected chi connectivity index (χ2v) is 7.73. The van der Waals surface area contributed by atoms with Crippen molar-refractivity contribution in [2.75, 3.05) is 32.5 Å². The Kier molecular flexibility index (Phi) is 7.52. The number of amides is 2. The number of thioether (sulfide) groups is 1. The van der Waals surface area contributed by atoms with Crippen LogP contribution in [-0.2, 0) is 0 Å². The van der Waals surface area contributed by atoms with Gasteiger partial charge in [0.25, 0.3) is 11.8 Å². The molecule has 1 aliphatic heterocycles. The third-order valence-corrected chi connectivity index (χ3v) is 5.79. The Labute approximate surface area is 176 Å². The van der Waals surface area contributed by atoms with E-state index in [0.29, 0.717) is 49.0 Å². The van der Waals surface area contributed by atoms with Crippen molar-refractivity contribution in [3.8, 4) is 5.75 Å². The van der Waals surface area contributed by atoms with Gasteiger partial charge in [-0.15, -0.1) is 11.8 Å². The third kappa shape index (κ3) is 5.29. The standard InChI is InChI=1S/C22H27N3O3S/c1-3-28-19-9-5-4-7-17(19)20(26)24-15-16-10-13-25(14-11-16)22(27)18-8-6-12-23-21(18)29-2/h4-9,12,16H,3,10-11,13-15H2,1-2H3,(H,24,26). The van der Waals surface area contributed by atoms with Gasteiger partial charge in [-0.2, -0.15) is 0 Å². The first-order valence-electron chi connectivity index (χ1n) is 9.92. The van der Waals surface area contributed by atoms with Crippen LogP contribution in [-0.4, -0.2) is 54.2 Å². The Balaban J connectivity index is 1.51. The molecule has 1 fully saturated rings. The van der Waals surface area contributed by atoms with Crippen molar-refractivity contribution in [2.45, 2.75) is 24.8 Å². The monoisotopic (exact) mass is 413 g/mol. The van der Waals surface area contributed by atoms with Crippen LogP contribution in [0.5, 0.6) is 5.75 Å². The highest BCUT2D eigenvalue weighted by atomic mass is 32.2. The zero-order valence-corrected chi connectivity index (χ0v) is 17.7. The number of pyridine rings is 1. The van der Waals surface area contributed by atoms with E-state index in [9.17, 15) is 9.59 Å². The van der Waals surface area contributed by atoms with Crippen LogP contribution in [0.4, 0.5) is 0 Å². The third-order valence-electron chi connectivity index (χ3n) is 5.08. The Morgan fingerprint density at radius 3 is 2.62 bits per heavy atom. The number of ether oxygens (including phenoxy) is 1. The second kappa shape index (κ2) is 10.3. The summed E-state index contributed by atoms with van der Waals surface area (Å²) in [6.07, 6.45) is 5.38. The molecule has 6 nitrogen and oxygen atoms in total. The number of benzene rings is 1. The number of nitrogens with zero attached hydrogens (tertiary/aromatic N) is 2. The number of nitrogens with one attached hydrogen (secondary N) is 1. The van der Waals surface area contributed by atoms with Gasteiger partial charge >= 0.3 is 0 Å². The summed E-state index contributed by atoms with van der Waals surface area (Å²) < 4.78 is 5.54. The van der Waals surface area contributed by atoms with Crippen molar-refractivity contribution in [1.29, 1.82) is 0 Å². The van der Waals surface area contributed by atoms with Gasteiger partial charge in [0.1, 0.15) is 10.8 Å². The van der Waals surface area contributed by atoms with Crippen LogP contribution in [0.2, 0.25) is 0 Å². The van der Waals surface area contributed by atoms with Crippen LogP contribution >= 0.6 is 11.8 Å². The van der Waals surface area contributed by atoms with E-state index in [0.717, 1.165) is 17.9 Å². The molecule has 0 bridgehead atoms. The molecule has 3 rings (SSSR count). The molecule has 2 aromatic rings. The van der Waals surface area contributed by atoms with Gasteiger partial charge in [-0.3, -0.25) is 9.59 Å². The zero-order chi connectivity index (χ0) is 20.6. The molecule has 1 aliphatic rings. The molecule has 0 spiro atoms. The SMILES string of the molecule is CCOc1ccccc1C(=O)NCC1CCN(C(=O)c2cccnc2SC)CC1. The maximum atomic E-state index is 12.8. The Morgan fingerprint density at radius 1 is 1.17 bits per heavy atom. The molecule has 0 saturated carbocycles. The maximum Gasteiger partial charge on any atom is 0.256 e. The summed E-state index contributed by atoms with van der Waals surface area (Å²) in [7, 11) is 0. The van der Waals surface area contributed by atoms with Gasteiger partial charge in [0.05, 0.1) is 17.7 Å². The first-order valence-corrected chi connectivity index (χ1v) is 11.1. The minimum absolute atomic E-state index is 0.0376. The average molecular weight is 414 g/mol. The summed E-state index contributed by atoms with van der Waals surface area (Å²) in [5, 5.41) is 3.79. The fourth-order valence-corrected chi connectivity index (χ4v) is 4.04. The van der Waals surface area contributed by atoms with Crippen molar-refractivity contribution in [3.05, 3.63) is 53.7 Å². The number of carbonyl (C=O) groups excluding carboxylic acids is 2. The second-order valence-electron chi connectivity index (χ2n) is 6.94. The zero-order valence-electron chi connectivity index (χ0n) is 16.9. The molecule has 2 amide bonds. The molecule has 29 heavy (non-hydrogen) atoms.